The molecule has 0 atom stereocenters. The summed E-state index contributed by atoms with van der Waals surface area (Å²) in [6.07, 6.45) is 2.81. The van der Waals surface area contributed by atoms with Crippen LogP contribution in [0, 0.1) is 0 Å². The number of esters is 1. The number of para-hydroxylation sites is 2. The minimum atomic E-state index is -0.313. The van der Waals surface area contributed by atoms with E-state index in [9.17, 15) is 4.79 Å². The van der Waals surface area contributed by atoms with Crippen LogP contribution in [0.5, 0.6) is 5.75 Å². The van der Waals surface area contributed by atoms with E-state index in [-0.39, 0.29) is 5.97 Å². The van der Waals surface area contributed by atoms with E-state index < -0.39 is 0 Å². The maximum Gasteiger partial charge on any atom is 0.338 e. The number of benzene rings is 3. The average molecular weight is 415 g/mol. The highest BCUT2D eigenvalue weighted by Crippen LogP contribution is 2.35. The van der Waals surface area contributed by atoms with Crippen LogP contribution in [0.15, 0.2) is 85.1 Å². The van der Waals surface area contributed by atoms with E-state index in [0.717, 1.165) is 29.1 Å². The summed E-state index contributed by atoms with van der Waals surface area (Å²) >= 11 is 0. The summed E-state index contributed by atoms with van der Waals surface area (Å²) < 4.78 is 11.3. The average Bonchev–Trinajstić information content (AvgIpc) is 3.30. The second-order valence-electron chi connectivity index (χ2n) is 7.17. The van der Waals surface area contributed by atoms with Gasteiger partial charge in [-0.15, -0.1) is 0 Å². The summed E-state index contributed by atoms with van der Waals surface area (Å²) in [6, 6.07) is 25.9. The molecule has 0 saturated carbocycles. The first-order chi connectivity index (χ1) is 15.3. The van der Waals surface area contributed by atoms with Gasteiger partial charge in [0, 0.05) is 18.2 Å². The molecule has 0 amide bonds. The van der Waals surface area contributed by atoms with E-state index in [1.807, 2.05) is 73.8 Å². The van der Waals surface area contributed by atoms with Crippen molar-refractivity contribution in [3.05, 3.63) is 102 Å². The number of nitrogens with one attached hydrogen (secondary N) is 1. The summed E-state index contributed by atoms with van der Waals surface area (Å²) in [5.74, 6) is 0.515. The molecule has 5 nitrogen and oxygen atoms in total. The van der Waals surface area contributed by atoms with Crippen LogP contribution in [0.2, 0.25) is 0 Å². The van der Waals surface area contributed by atoms with Crippen LogP contribution >= 0.6 is 0 Å². The third kappa shape index (κ3) is 4.89. The van der Waals surface area contributed by atoms with Crippen LogP contribution in [0.4, 0.5) is 5.69 Å². The number of nitrogens with zero attached hydrogens (tertiary/aromatic N) is 1. The maximum absolute atomic E-state index is 12.2. The summed E-state index contributed by atoms with van der Waals surface area (Å²) in [7, 11) is 0. The second kappa shape index (κ2) is 9.85. The van der Waals surface area contributed by atoms with Crippen molar-refractivity contribution < 1.29 is 14.3 Å². The first-order valence-corrected chi connectivity index (χ1v) is 10.5. The third-order valence-electron chi connectivity index (χ3n) is 5.10. The molecule has 31 heavy (non-hydrogen) atoms. The molecular formula is C26H26N2O3. The standard InChI is InChI=1S/C26H26N2O3/c1-2-30-26(29)22-12-8-11-21(17-22)24-18-27-19-28(24)23-13-6-7-14-25(23)31-16-15-20-9-4-3-5-10-20/h3-14,17-18,27H,2,15-16,19H2,1H3. The highest BCUT2D eigenvalue weighted by Gasteiger charge is 2.22. The van der Waals surface area contributed by atoms with Crippen LogP contribution in [0.25, 0.3) is 5.70 Å². The monoisotopic (exact) mass is 414 g/mol. The summed E-state index contributed by atoms with van der Waals surface area (Å²) in [5.41, 5.74) is 4.69. The quantitative estimate of drug-likeness (QED) is 0.534. The van der Waals surface area contributed by atoms with Gasteiger partial charge in [-0.2, -0.15) is 0 Å². The Morgan fingerprint density at radius 2 is 1.81 bits per heavy atom. The predicted octanol–water partition coefficient (Wildman–Crippen LogP) is 4.85. The zero-order valence-corrected chi connectivity index (χ0v) is 17.6. The van der Waals surface area contributed by atoms with Crippen molar-refractivity contribution in [2.24, 2.45) is 0 Å². The molecule has 0 unspecified atom stereocenters. The van der Waals surface area contributed by atoms with Crippen molar-refractivity contribution in [1.29, 1.82) is 0 Å². The molecule has 1 aliphatic rings. The molecule has 0 aliphatic carbocycles. The van der Waals surface area contributed by atoms with Gasteiger partial charge in [-0.25, -0.2) is 4.79 Å². The number of hydrogen-bond acceptors (Lipinski definition) is 5. The van der Waals surface area contributed by atoms with E-state index in [2.05, 4.69) is 22.3 Å². The lowest BCUT2D eigenvalue weighted by Gasteiger charge is -2.24. The minimum absolute atomic E-state index is 0.313. The molecule has 4 rings (SSSR count). The highest BCUT2D eigenvalue weighted by atomic mass is 16.5. The largest absolute Gasteiger partial charge is 0.491 e. The van der Waals surface area contributed by atoms with Crippen LogP contribution in [0.1, 0.15) is 28.4 Å². The molecule has 1 N–H and O–H groups in total. The molecular weight excluding hydrogens is 388 g/mol. The first kappa shape index (κ1) is 20.5. The first-order valence-electron chi connectivity index (χ1n) is 10.5. The van der Waals surface area contributed by atoms with Gasteiger partial charge in [-0.3, -0.25) is 0 Å². The van der Waals surface area contributed by atoms with E-state index in [4.69, 9.17) is 9.47 Å². The van der Waals surface area contributed by atoms with Crippen molar-refractivity contribution in [2.75, 3.05) is 24.8 Å². The number of ether oxygens (including phenoxy) is 2. The zero-order chi connectivity index (χ0) is 21.5. The van der Waals surface area contributed by atoms with E-state index >= 15 is 0 Å². The number of carbonyl (C=O) groups excluding carboxylic acids is 1. The van der Waals surface area contributed by atoms with Gasteiger partial charge in [0.05, 0.1) is 36.8 Å². The van der Waals surface area contributed by atoms with Crippen molar-refractivity contribution in [2.45, 2.75) is 13.3 Å². The highest BCUT2D eigenvalue weighted by molar-refractivity contribution is 5.92. The van der Waals surface area contributed by atoms with Gasteiger partial charge < -0.3 is 19.7 Å². The van der Waals surface area contributed by atoms with Gasteiger partial charge in [0.15, 0.2) is 0 Å². The molecule has 5 heteroatoms. The molecule has 1 aliphatic heterocycles. The van der Waals surface area contributed by atoms with Gasteiger partial charge in [0.1, 0.15) is 5.75 Å². The Labute approximate surface area is 182 Å². The number of hydrogen-bond donors (Lipinski definition) is 1. The lowest BCUT2D eigenvalue weighted by Crippen LogP contribution is -2.23. The van der Waals surface area contributed by atoms with Crippen LogP contribution in [-0.4, -0.2) is 25.9 Å². The fraction of sp³-hybridized carbons (Fsp3) is 0.192. The summed E-state index contributed by atoms with van der Waals surface area (Å²) in [5, 5.41) is 3.29. The fourth-order valence-corrected chi connectivity index (χ4v) is 3.60. The van der Waals surface area contributed by atoms with Gasteiger partial charge in [-0.1, -0.05) is 54.6 Å². The Balaban J connectivity index is 1.53. The fourth-order valence-electron chi connectivity index (χ4n) is 3.60. The van der Waals surface area contributed by atoms with Gasteiger partial charge in [0.2, 0.25) is 0 Å². The van der Waals surface area contributed by atoms with E-state index in [1.165, 1.54) is 5.56 Å². The SMILES string of the molecule is CCOC(=O)c1cccc(C2=CNCN2c2ccccc2OCCc2ccccc2)c1. The summed E-state index contributed by atoms with van der Waals surface area (Å²) in [6.45, 7) is 3.38. The van der Waals surface area contributed by atoms with Crippen molar-refractivity contribution in [1.82, 2.24) is 5.32 Å². The molecule has 0 saturated heterocycles. The maximum atomic E-state index is 12.2. The van der Waals surface area contributed by atoms with Crippen LogP contribution < -0.4 is 15.0 Å². The van der Waals surface area contributed by atoms with Gasteiger partial charge in [-0.05, 0) is 36.8 Å². The predicted molar refractivity (Wildman–Crippen MR) is 123 cm³/mol. The molecule has 3 aromatic carbocycles. The van der Waals surface area contributed by atoms with Gasteiger partial charge in [0.25, 0.3) is 0 Å². The summed E-state index contributed by atoms with van der Waals surface area (Å²) in [4.78, 5) is 14.3. The topological polar surface area (TPSA) is 50.8 Å². The molecule has 3 aromatic rings. The Morgan fingerprint density at radius 3 is 2.65 bits per heavy atom. The Bertz CT molecular complexity index is 1060. The lowest BCUT2D eigenvalue weighted by atomic mass is 10.1. The lowest BCUT2D eigenvalue weighted by molar-refractivity contribution is 0.0526. The van der Waals surface area contributed by atoms with Crippen LogP contribution in [0.3, 0.4) is 0 Å². The van der Waals surface area contributed by atoms with Crippen molar-refractivity contribution >= 4 is 17.4 Å². The Hall–Kier alpha value is -3.73. The van der Waals surface area contributed by atoms with Crippen molar-refractivity contribution in [3.63, 3.8) is 0 Å². The smallest absolute Gasteiger partial charge is 0.338 e. The van der Waals surface area contributed by atoms with E-state index in [1.54, 1.807) is 6.07 Å². The Morgan fingerprint density at radius 1 is 1.00 bits per heavy atom. The number of rotatable bonds is 8. The number of carbonyl (C=O) groups is 1. The second-order valence-corrected chi connectivity index (χ2v) is 7.17. The zero-order valence-electron chi connectivity index (χ0n) is 17.6. The molecule has 1 heterocycles. The van der Waals surface area contributed by atoms with Gasteiger partial charge >= 0.3 is 5.97 Å². The van der Waals surface area contributed by atoms with Crippen LogP contribution in [-0.2, 0) is 11.2 Å². The molecule has 0 spiro atoms. The third-order valence-corrected chi connectivity index (χ3v) is 5.10. The molecule has 0 bridgehead atoms. The Kier molecular flexibility index (Phi) is 6.53. The number of anilines is 1. The molecule has 0 fully saturated rings. The van der Waals surface area contributed by atoms with E-state index in [0.29, 0.717) is 25.4 Å². The molecule has 0 radical (unpaired) electrons. The normalized spacial score (nSPS) is 12.8. The molecule has 0 aromatic heterocycles. The van der Waals surface area contributed by atoms with Crippen molar-refractivity contribution in [3.8, 4) is 5.75 Å². The molecule has 158 valence electrons. The minimum Gasteiger partial charge on any atom is -0.491 e.